The van der Waals surface area contributed by atoms with Crippen molar-refractivity contribution in [3.63, 3.8) is 0 Å². The molecule has 2 saturated heterocycles. The molecular formula is C56H69ClN8O10. The number of hydrogen-bond donors (Lipinski definition) is 2. The summed E-state index contributed by atoms with van der Waals surface area (Å²) in [6.45, 7) is 20.2. The maximum atomic E-state index is 13.3. The summed E-state index contributed by atoms with van der Waals surface area (Å²) in [5.74, 6) is 2.31. The van der Waals surface area contributed by atoms with Crippen LogP contribution in [-0.4, -0.2) is 157 Å². The Balaban J connectivity index is 0.664. The molecule has 2 aliphatic heterocycles. The molecule has 3 aliphatic rings. The number of hydrogen-bond acceptors (Lipinski definition) is 16. The highest BCUT2D eigenvalue weighted by molar-refractivity contribution is 6.31. The molecule has 2 aromatic heterocycles. The van der Waals surface area contributed by atoms with Gasteiger partial charge in [-0.2, -0.15) is 15.2 Å². The number of rotatable bonds is 24. The minimum atomic E-state index is -0.374. The molecule has 0 bridgehead atoms. The molecule has 1 aliphatic carbocycles. The third-order valence-electron chi connectivity index (χ3n) is 13.9. The van der Waals surface area contributed by atoms with Crippen LogP contribution in [0.4, 0.5) is 11.8 Å². The highest BCUT2D eigenvalue weighted by atomic mass is 35.5. The quantitative estimate of drug-likeness (QED) is 0.0590. The number of amides is 2. The van der Waals surface area contributed by atoms with Crippen molar-refractivity contribution in [1.29, 1.82) is 5.26 Å². The lowest BCUT2D eigenvalue weighted by atomic mass is 9.49. The van der Waals surface area contributed by atoms with Crippen LogP contribution in [0, 0.1) is 22.2 Å². The number of nitrogens with one attached hydrogen (secondary N) is 2. The number of anilines is 2. The second-order valence-corrected chi connectivity index (χ2v) is 20.5. The van der Waals surface area contributed by atoms with Gasteiger partial charge in [-0.3, -0.25) is 9.59 Å². The Kier molecular flexibility index (Phi) is 18.8. The predicted molar refractivity (Wildman–Crippen MR) is 285 cm³/mol. The van der Waals surface area contributed by atoms with E-state index in [2.05, 4.69) is 68.0 Å². The van der Waals surface area contributed by atoms with Gasteiger partial charge in [0.2, 0.25) is 5.95 Å². The van der Waals surface area contributed by atoms with E-state index >= 15 is 0 Å². The molecule has 5 aromatic rings. The van der Waals surface area contributed by atoms with E-state index in [0.29, 0.717) is 149 Å². The molecule has 3 fully saturated rings. The molecule has 4 heterocycles. The lowest BCUT2D eigenvalue weighted by molar-refractivity contribution is -0.164. The number of pyridine rings is 1. The summed E-state index contributed by atoms with van der Waals surface area (Å²) < 4.78 is 46.2. The van der Waals surface area contributed by atoms with E-state index in [1.807, 2.05) is 30.3 Å². The van der Waals surface area contributed by atoms with E-state index in [9.17, 15) is 14.9 Å². The molecule has 19 heteroatoms. The average molecular weight is 1050 g/mol. The number of ether oxygens (including phenoxy) is 8. The van der Waals surface area contributed by atoms with Crippen LogP contribution in [0.2, 0.25) is 5.02 Å². The monoisotopic (exact) mass is 1050 g/mol. The van der Waals surface area contributed by atoms with Crippen LogP contribution in [0.25, 0.3) is 22.3 Å². The number of morpholine rings is 2. The van der Waals surface area contributed by atoms with E-state index in [1.54, 1.807) is 48.5 Å². The van der Waals surface area contributed by atoms with Gasteiger partial charge in [-0.15, -0.1) is 0 Å². The molecule has 2 N–H and O–H groups in total. The van der Waals surface area contributed by atoms with Crippen LogP contribution in [0.3, 0.4) is 0 Å². The first-order chi connectivity index (χ1) is 36.2. The zero-order valence-electron chi connectivity index (χ0n) is 43.8. The Morgan fingerprint density at radius 3 is 1.99 bits per heavy atom. The standard InChI is InChI=1S/C56H69ClN8O10/c1-37-35-72-22-19-64(37)49-45-16-17-47(60-48(45)61-54(62-49)65-20-23-73-36-38(65)2)40-8-7-9-41(32-40)50(66)59-18-21-68-24-25-69-26-27-70-28-29-71-30-31-74-43-13-10-39(11-14-43)51(67)63-52-55(3,4)53(56(52,5)6)75-44-15-12-42(34-58)46(57)33-44/h7-17,32-33,37-38,52-53H,18-31,35-36H2,1-6H3,(H,59,66)(H,63,67)/t37-,38-,52?,53?/m1/s1. The number of nitrogens with zero attached hydrogens (tertiary/aromatic N) is 6. The molecule has 75 heavy (non-hydrogen) atoms. The second kappa shape index (κ2) is 25.6. The van der Waals surface area contributed by atoms with E-state index < -0.39 is 0 Å². The van der Waals surface area contributed by atoms with Crippen molar-refractivity contribution in [3.8, 4) is 28.8 Å². The van der Waals surface area contributed by atoms with Gasteiger partial charge in [-0.1, -0.05) is 51.4 Å². The SMILES string of the molecule is C[C@@H]1COCCN1c1nc(N2CCOC[C@H]2C)c2ccc(-c3cccc(C(=O)NCCOCCOCCOCCOCCOc4ccc(C(=O)NC5C(C)(C)C(Oc6ccc(C#N)c(Cl)c6)C5(C)C)cc4)c3)nc2n1. The number of nitriles is 1. The third kappa shape index (κ3) is 13.6. The van der Waals surface area contributed by atoms with Crippen LogP contribution in [0.15, 0.2) is 78.9 Å². The topological polar surface area (TPSA) is 201 Å². The molecular weight excluding hydrogens is 980 g/mol. The van der Waals surface area contributed by atoms with Crippen molar-refractivity contribution in [2.45, 2.75) is 65.8 Å². The first-order valence-electron chi connectivity index (χ1n) is 25.7. The van der Waals surface area contributed by atoms with Gasteiger partial charge in [0.1, 0.15) is 36.1 Å². The minimum absolute atomic E-state index is 0.125. The summed E-state index contributed by atoms with van der Waals surface area (Å²) in [4.78, 5) is 46.0. The van der Waals surface area contributed by atoms with Crippen molar-refractivity contribution in [1.82, 2.24) is 25.6 Å². The largest absolute Gasteiger partial charge is 0.491 e. The van der Waals surface area contributed by atoms with Crippen LogP contribution in [0.5, 0.6) is 11.5 Å². The molecule has 1 saturated carbocycles. The van der Waals surface area contributed by atoms with Crippen molar-refractivity contribution in [2.24, 2.45) is 10.8 Å². The Morgan fingerprint density at radius 1 is 0.720 bits per heavy atom. The molecule has 400 valence electrons. The van der Waals surface area contributed by atoms with Gasteiger partial charge in [-0.05, 0) is 74.5 Å². The Hall–Kier alpha value is -6.17. The molecule has 0 unspecified atom stereocenters. The van der Waals surface area contributed by atoms with E-state index in [0.717, 1.165) is 23.3 Å². The first-order valence-corrected chi connectivity index (χ1v) is 26.1. The van der Waals surface area contributed by atoms with Crippen LogP contribution < -0.4 is 29.9 Å². The summed E-state index contributed by atoms with van der Waals surface area (Å²) in [6, 6.07) is 25.7. The average Bonchev–Trinajstić information content (AvgIpc) is 3.43. The summed E-state index contributed by atoms with van der Waals surface area (Å²) in [5.41, 5.74) is 2.80. The summed E-state index contributed by atoms with van der Waals surface area (Å²) in [6.07, 6.45) is -0.199. The van der Waals surface area contributed by atoms with Crippen molar-refractivity contribution in [2.75, 3.05) is 115 Å². The highest BCUT2D eigenvalue weighted by Crippen LogP contribution is 2.55. The zero-order chi connectivity index (χ0) is 53.0. The predicted octanol–water partition coefficient (Wildman–Crippen LogP) is 7.15. The molecule has 2 atom stereocenters. The van der Waals surface area contributed by atoms with Gasteiger partial charge < -0.3 is 58.3 Å². The Bertz CT molecular complexity index is 2760. The van der Waals surface area contributed by atoms with Gasteiger partial charge in [-0.25, -0.2) is 4.98 Å². The molecule has 2 amide bonds. The first kappa shape index (κ1) is 55.1. The smallest absolute Gasteiger partial charge is 0.251 e. The molecule has 0 spiro atoms. The number of benzene rings is 3. The lowest BCUT2D eigenvalue weighted by Crippen LogP contribution is -2.74. The molecule has 8 rings (SSSR count). The van der Waals surface area contributed by atoms with Gasteiger partial charge in [0.05, 0.1) is 113 Å². The maximum absolute atomic E-state index is 13.3. The molecule has 18 nitrogen and oxygen atoms in total. The Labute approximate surface area is 444 Å². The Morgan fingerprint density at radius 2 is 1.35 bits per heavy atom. The number of fused-ring (bicyclic) bond motifs is 1. The van der Waals surface area contributed by atoms with Crippen molar-refractivity contribution >= 4 is 46.2 Å². The number of aromatic nitrogens is 3. The van der Waals surface area contributed by atoms with Crippen molar-refractivity contribution < 1.29 is 47.5 Å². The third-order valence-corrected chi connectivity index (χ3v) is 14.2. The van der Waals surface area contributed by atoms with Gasteiger partial charge in [0, 0.05) is 59.3 Å². The van der Waals surface area contributed by atoms with Gasteiger partial charge in [0.15, 0.2) is 5.65 Å². The fourth-order valence-electron chi connectivity index (χ4n) is 10.2. The number of halogens is 1. The number of carbonyl (C=O) groups is 2. The van der Waals surface area contributed by atoms with Crippen LogP contribution in [0.1, 0.15) is 67.8 Å². The van der Waals surface area contributed by atoms with Crippen molar-refractivity contribution in [3.05, 3.63) is 101 Å². The van der Waals surface area contributed by atoms with Gasteiger partial charge >= 0.3 is 0 Å². The maximum Gasteiger partial charge on any atom is 0.251 e. The van der Waals surface area contributed by atoms with E-state index in [-0.39, 0.29) is 46.9 Å². The zero-order valence-corrected chi connectivity index (χ0v) is 44.5. The van der Waals surface area contributed by atoms with Gasteiger partial charge in [0.25, 0.3) is 11.8 Å². The van der Waals surface area contributed by atoms with Crippen LogP contribution >= 0.6 is 11.6 Å². The normalized spacial score (nSPS) is 20.0. The summed E-state index contributed by atoms with van der Waals surface area (Å²) >= 11 is 6.24. The summed E-state index contributed by atoms with van der Waals surface area (Å²) in [7, 11) is 0. The van der Waals surface area contributed by atoms with E-state index in [1.165, 1.54) is 0 Å². The number of carbonyl (C=O) groups excluding carboxylic acids is 2. The van der Waals surface area contributed by atoms with Crippen LogP contribution in [-0.2, 0) is 28.4 Å². The second-order valence-electron chi connectivity index (χ2n) is 20.1. The fraction of sp³-hybridized carbons (Fsp3) is 0.500. The minimum Gasteiger partial charge on any atom is -0.491 e. The fourth-order valence-corrected chi connectivity index (χ4v) is 10.4. The molecule has 3 aromatic carbocycles. The summed E-state index contributed by atoms with van der Waals surface area (Å²) in [5, 5.41) is 16.6. The molecule has 0 radical (unpaired) electrons. The lowest BCUT2D eigenvalue weighted by Gasteiger charge is -2.63. The highest BCUT2D eigenvalue weighted by Gasteiger charge is 2.64. The van der Waals surface area contributed by atoms with E-state index in [4.69, 9.17) is 64.4 Å².